The predicted octanol–water partition coefficient (Wildman–Crippen LogP) is 4.60. The van der Waals surface area contributed by atoms with Gasteiger partial charge in [-0.1, -0.05) is 23.2 Å². The average molecular weight is 507 g/mol. The maximum absolute atomic E-state index is 14.7. The van der Waals surface area contributed by atoms with Crippen LogP contribution in [0.5, 0.6) is 0 Å². The molecule has 0 spiro atoms. The van der Waals surface area contributed by atoms with Gasteiger partial charge in [0.05, 0.1) is 16.2 Å². The number of sulfone groups is 1. The summed E-state index contributed by atoms with van der Waals surface area (Å²) in [6.07, 6.45) is 1.89. The first-order valence-corrected chi connectivity index (χ1v) is 12.7. The van der Waals surface area contributed by atoms with Crippen LogP contribution in [0.4, 0.5) is 14.6 Å². The fraction of sp³-hybridized carbons (Fsp3) is 0.105. The molecule has 6 nitrogen and oxygen atoms in total. The highest BCUT2D eigenvalue weighted by atomic mass is 35.5. The second-order valence-corrected chi connectivity index (χ2v) is 11.1. The number of halogens is 4. The highest BCUT2D eigenvalue weighted by Crippen LogP contribution is 2.40. The van der Waals surface area contributed by atoms with Crippen LogP contribution in [-0.4, -0.2) is 28.1 Å². The molecule has 1 heterocycles. The van der Waals surface area contributed by atoms with Crippen LogP contribution < -0.4 is 4.72 Å². The largest absolute Gasteiger partial charge is 0.268 e. The Bertz CT molecular complexity index is 1350. The van der Waals surface area contributed by atoms with Crippen LogP contribution in [-0.2, 0) is 19.9 Å². The third-order valence-corrected chi connectivity index (χ3v) is 7.36. The molecule has 164 valence electrons. The van der Waals surface area contributed by atoms with Gasteiger partial charge in [-0.3, -0.25) is 4.72 Å². The Morgan fingerprint density at radius 2 is 1.58 bits per heavy atom. The maximum atomic E-state index is 14.7. The van der Waals surface area contributed by atoms with Gasteiger partial charge < -0.3 is 0 Å². The van der Waals surface area contributed by atoms with E-state index in [-0.39, 0.29) is 26.3 Å². The molecule has 0 aliphatic carbocycles. The molecule has 0 radical (unpaired) electrons. The van der Waals surface area contributed by atoms with Crippen LogP contribution in [0.15, 0.2) is 59.6 Å². The van der Waals surface area contributed by atoms with Crippen LogP contribution in [0.25, 0.3) is 0 Å². The quantitative estimate of drug-likeness (QED) is 0.527. The van der Waals surface area contributed by atoms with Crippen molar-refractivity contribution in [2.75, 3.05) is 11.0 Å². The number of hydrogen-bond donors (Lipinski definition) is 1. The van der Waals surface area contributed by atoms with Crippen LogP contribution >= 0.6 is 23.2 Å². The zero-order valence-electron chi connectivity index (χ0n) is 15.7. The molecule has 2 aromatic carbocycles. The molecule has 0 saturated carbocycles. The molecule has 1 unspecified atom stereocenters. The standard InChI is InChI=1S/C19H14Cl2F2N2O4S2/c1-30(26,27)25-18-9-14(16(21)10-24-18)19(15-8-12(22)4-7-17(15)23)31(28,29)13-5-2-11(20)3-6-13/h2-10,19H,1H3,(H,24,25). The monoisotopic (exact) mass is 506 g/mol. The van der Waals surface area contributed by atoms with Crippen molar-refractivity contribution >= 4 is 48.9 Å². The molecule has 0 fully saturated rings. The second kappa shape index (κ2) is 8.70. The van der Waals surface area contributed by atoms with Crippen LogP contribution in [0.1, 0.15) is 16.4 Å². The summed E-state index contributed by atoms with van der Waals surface area (Å²) in [6.45, 7) is 0. The molecular weight excluding hydrogens is 493 g/mol. The molecule has 1 aromatic heterocycles. The van der Waals surface area contributed by atoms with E-state index in [9.17, 15) is 25.6 Å². The average Bonchev–Trinajstić information content (AvgIpc) is 2.66. The van der Waals surface area contributed by atoms with Crippen molar-refractivity contribution in [2.45, 2.75) is 10.1 Å². The van der Waals surface area contributed by atoms with Gasteiger partial charge in [-0.25, -0.2) is 30.6 Å². The van der Waals surface area contributed by atoms with E-state index < -0.39 is 42.3 Å². The lowest BCUT2D eigenvalue weighted by Gasteiger charge is -2.21. The smallest absolute Gasteiger partial charge is 0.230 e. The minimum atomic E-state index is -4.40. The zero-order valence-corrected chi connectivity index (χ0v) is 18.8. The van der Waals surface area contributed by atoms with Gasteiger partial charge in [0.15, 0.2) is 9.84 Å². The van der Waals surface area contributed by atoms with Gasteiger partial charge in [0, 0.05) is 16.8 Å². The summed E-state index contributed by atoms with van der Waals surface area (Å²) < 4.78 is 80.9. The summed E-state index contributed by atoms with van der Waals surface area (Å²) in [5.74, 6) is -2.10. The molecule has 31 heavy (non-hydrogen) atoms. The predicted molar refractivity (Wildman–Crippen MR) is 115 cm³/mol. The summed E-state index contributed by atoms with van der Waals surface area (Å²) in [5, 5.41) is -1.72. The fourth-order valence-corrected chi connectivity index (χ4v) is 5.61. The van der Waals surface area contributed by atoms with Crippen molar-refractivity contribution in [1.82, 2.24) is 4.98 Å². The van der Waals surface area contributed by atoms with Gasteiger partial charge in [-0.15, -0.1) is 0 Å². The number of aromatic nitrogens is 1. The molecular formula is C19H14Cl2F2N2O4S2. The molecule has 3 aromatic rings. The van der Waals surface area contributed by atoms with Gasteiger partial charge in [0.25, 0.3) is 0 Å². The molecule has 1 atom stereocenters. The molecule has 0 aliphatic heterocycles. The van der Waals surface area contributed by atoms with Gasteiger partial charge in [0.1, 0.15) is 22.7 Å². The van der Waals surface area contributed by atoms with Crippen molar-refractivity contribution in [3.05, 3.63) is 87.5 Å². The number of benzene rings is 2. The first-order valence-electron chi connectivity index (χ1n) is 8.46. The minimum Gasteiger partial charge on any atom is -0.268 e. The van der Waals surface area contributed by atoms with E-state index in [0.29, 0.717) is 0 Å². The molecule has 3 rings (SSSR count). The Morgan fingerprint density at radius 1 is 0.935 bits per heavy atom. The number of pyridine rings is 1. The number of hydrogen-bond acceptors (Lipinski definition) is 5. The number of anilines is 1. The first kappa shape index (κ1) is 23.4. The van der Waals surface area contributed by atoms with Crippen LogP contribution in [0.2, 0.25) is 10.0 Å². The molecule has 0 bridgehead atoms. The van der Waals surface area contributed by atoms with Gasteiger partial charge >= 0.3 is 0 Å². The number of nitrogens with one attached hydrogen (secondary N) is 1. The normalized spacial score (nSPS) is 13.1. The summed E-state index contributed by atoms with van der Waals surface area (Å²) in [4.78, 5) is 3.58. The van der Waals surface area contributed by atoms with E-state index in [0.717, 1.165) is 36.7 Å². The fourth-order valence-electron chi connectivity index (χ4n) is 2.88. The van der Waals surface area contributed by atoms with Crippen molar-refractivity contribution in [3.8, 4) is 0 Å². The Labute approximate surface area is 187 Å². The lowest BCUT2D eigenvalue weighted by atomic mass is 10.0. The third-order valence-electron chi connectivity index (χ3n) is 4.15. The van der Waals surface area contributed by atoms with Crippen molar-refractivity contribution in [1.29, 1.82) is 0 Å². The summed E-state index contributed by atoms with van der Waals surface area (Å²) >= 11 is 12.0. The van der Waals surface area contributed by atoms with E-state index in [1.54, 1.807) is 0 Å². The van der Waals surface area contributed by atoms with Crippen molar-refractivity contribution in [3.63, 3.8) is 0 Å². The van der Waals surface area contributed by atoms with E-state index in [4.69, 9.17) is 23.2 Å². The molecule has 12 heteroatoms. The maximum Gasteiger partial charge on any atom is 0.230 e. The minimum absolute atomic E-state index is 0.190. The van der Waals surface area contributed by atoms with Gasteiger partial charge in [-0.2, -0.15) is 0 Å². The highest BCUT2D eigenvalue weighted by molar-refractivity contribution is 7.92. The summed E-state index contributed by atoms with van der Waals surface area (Å²) in [7, 11) is -8.16. The van der Waals surface area contributed by atoms with E-state index >= 15 is 0 Å². The van der Waals surface area contributed by atoms with Crippen LogP contribution in [0, 0.1) is 11.6 Å². The molecule has 0 saturated heterocycles. The SMILES string of the molecule is CS(=O)(=O)Nc1cc(C(c2cc(F)ccc2F)S(=O)(=O)c2ccc(Cl)cc2)c(Cl)cn1. The zero-order chi connectivity index (χ0) is 23.0. The van der Waals surface area contributed by atoms with E-state index in [1.165, 1.54) is 24.3 Å². The summed E-state index contributed by atoms with van der Waals surface area (Å²) in [5.41, 5.74) is -0.698. The topological polar surface area (TPSA) is 93.2 Å². The number of sulfonamides is 1. The van der Waals surface area contributed by atoms with E-state index in [1.807, 2.05) is 0 Å². The van der Waals surface area contributed by atoms with Crippen molar-refractivity contribution in [2.24, 2.45) is 0 Å². The Morgan fingerprint density at radius 3 is 2.19 bits per heavy atom. The van der Waals surface area contributed by atoms with Crippen LogP contribution in [0.3, 0.4) is 0 Å². The lowest BCUT2D eigenvalue weighted by Crippen LogP contribution is -2.18. The first-order chi connectivity index (χ1) is 14.4. The Balaban J connectivity index is 2.31. The molecule has 0 amide bonds. The highest BCUT2D eigenvalue weighted by Gasteiger charge is 2.35. The lowest BCUT2D eigenvalue weighted by molar-refractivity contribution is 0.569. The number of nitrogens with zero attached hydrogens (tertiary/aromatic N) is 1. The van der Waals surface area contributed by atoms with E-state index in [2.05, 4.69) is 9.71 Å². The Hall–Kier alpha value is -2.27. The van der Waals surface area contributed by atoms with Gasteiger partial charge in [0.2, 0.25) is 10.0 Å². The molecule has 1 N–H and O–H groups in total. The summed E-state index contributed by atoms with van der Waals surface area (Å²) in [6, 6.07) is 8.53. The Kier molecular flexibility index (Phi) is 6.56. The number of rotatable bonds is 6. The second-order valence-electron chi connectivity index (χ2n) is 6.51. The molecule has 0 aliphatic rings. The van der Waals surface area contributed by atoms with Gasteiger partial charge in [-0.05, 0) is 54.1 Å². The third kappa shape index (κ3) is 5.32. The van der Waals surface area contributed by atoms with Crippen molar-refractivity contribution < 1.29 is 25.6 Å².